The van der Waals surface area contributed by atoms with Gasteiger partial charge in [0.05, 0.1) is 6.42 Å². The molecule has 0 aromatic rings. The van der Waals surface area contributed by atoms with E-state index >= 15 is 0 Å². The molecule has 0 fully saturated rings. The zero-order valence-corrected chi connectivity index (χ0v) is 8.75. The Labute approximate surface area is 85.9 Å². The maximum absolute atomic E-state index is 11.0. The minimum absolute atomic E-state index is 0.105. The molecule has 2 N–H and O–H groups in total. The Bertz CT molecular complexity index is 190. The van der Waals surface area contributed by atoms with E-state index in [4.69, 9.17) is 11.5 Å². The summed E-state index contributed by atoms with van der Waals surface area (Å²) >= 11 is 0. The molecule has 0 aromatic carbocycles. The van der Waals surface area contributed by atoms with Crippen LogP contribution in [0.4, 0.5) is 0 Å². The lowest BCUT2D eigenvalue weighted by Crippen LogP contribution is -2.29. The summed E-state index contributed by atoms with van der Waals surface area (Å²) in [5, 5.41) is 11.5. The van der Waals surface area contributed by atoms with E-state index in [-0.39, 0.29) is 18.9 Å². The monoisotopic (exact) mass is 197 g/mol. The standard InChI is InChI=1S/C11H19NO2/c1-3-5-10(7-8-13)9-12-11(14)6-4-2/h2,10,13H,3,5-9H2,1H3,(H,12,14). The molecule has 0 bridgehead atoms. The second-order valence-corrected chi connectivity index (χ2v) is 3.35. The first-order valence-corrected chi connectivity index (χ1v) is 5.05. The van der Waals surface area contributed by atoms with Crippen molar-refractivity contribution in [3.05, 3.63) is 0 Å². The highest BCUT2D eigenvalue weighted by molar-refractivity contribution is 5.78. The molecule has 0 aromatic heterocycles. The number of amides is 1. The average molecular weight is 197 g/mol. The van der Waals surface area contributed by atoms with Crippen LogP contribution in [0.1, 0.15) is 32.6 Å². The molecule has 1 unspecified atom stereocenters. The van der Waals surface area contributed by atoms with Crippen molar-refractivity contribution in [2.24, 2.45) is 5.92 Å². The summed E-state index contributed by atoms with van der Waals surface area (Å²) in [5.74, 6) is 2.56. The van der Waals surface area contributed by atoms with Crippen LogP contribution in [-0.4, -0.2) is 24.2 Å². The maximum Gasteiger partial charge on any atom is 0.232 e. The Hall–Kier alpha value is -1.01. The second kappa shape index (κ2) is 8.58. The van der Waals surface area contributed by atoms with Crippen molar-refractivity contribution in [1.82, 2.24) is 5.32 Å². The minimum Gasteiger partial charge on any atom is -0.396 e. The molecule has 0 heterocycles. The number of aliphatic hydroxyl groups is 1. The molecule has 0 spiro atoms. The first-order valence-electron chi connectivity index (χ1n) is 5.05. The largest absolute Gasteiger partial charge is 0.396 e. The minimum atomic E-state index is -0.105. The normalized spacial score (nSPS) is 11.8. The van der Waals surface area contributed by atoms with Gasteiger partial charge in [-0.2, -0.15) is 0 Å². The van der Waals surface area contributed by atoms with Crippen LogP contribution in [0, 0.1) is 18.3 Å². The van der Waals surface area contributed by atoms with Crippen molar-refractivity contribution in [2.45, 2.75) is 32.6 Å². The topological polar surface area (TPSA) is 49.3 Å². The Kier molecular flexibility index (Phi) is 7.96. The zero-order chi connectivity index (χ0) is 10.8. The van der Waals surface area contributed by atoms with Gasteiger partial charge in [-0.3, -0.25) is 4.79 Å². The van der Waals surface area contributed by atoms with Gasteiger partial charge in [-0.05, 0) is 18.8 Å². The highest BCUT2D eigenvalue weighted by atomic mass is 16.3. The van der Waals surface area contributed by atoms with E-state index in [1.807, 2.05) is 0 Å². The SMILES string of the molecule is C#CCC(=O)NCC(CCC)CCO. The molecule has 3 heteroatoms. The van der Waals surface area contributed by atoms with Crippen LogP contribution in [0.2, 0.25) is 0 Å². The van der Waals surface area contributed by atoms with Gasteiger partial charge < -0.3 is 10.4 Å². The number of hydrogen-bond acceptors (Lipinski definition) is 2. The van der Waals surface area contributed by atoms with Crippen LogP contribution >= 0.6 is 0 Å². The molecule has 0 saturated heterocycles. The molecule has 3 nitrogen and oxygen atoms in total. The Morgan fingerprint density at radius 2 is 2.29 bits per heavy atom. The lowest BCUT2D eigenvalue weighted by Gasteiger charge is -2.14. The van der Waals surface area contributed by atoms with Crippen molar-refractivity contribution in [2.75, 3.05) is 13.2 Å². The van der Waals surface area contributed by atoms with Crippen LogP contribution in [0.5, 0.6) is 0 Å². The van der Waals surface area contributed by atoms with Crippen LogP contribution in [0.25, 0.3) is 0 Å². The molecule has 0 radical (unpaired) electrons. The van der Waals surface area contributed by atoms with E-state index in [0.29, 0.717) is 12.5 Å². The summed E-state index contributed by atoms with van der Waals surface area (Å²) in [5.41, 5.74) is 0. The van der Waals surface area contributed by atoms with E-state index in [1.54, 1.807) is 0 Å². The number of carbonyl (C=O) groups is 1. The van der Waals surface area contributed by atoms with Crippen LogP contribution in [-0.2, 0) is 4.79 Å². The van der Waals surface area contributed by atoms with Gasteiger partial charge in [0.2, 0.25) is 5.91 Å². The van der Waals surface area contributed by atoms with Gasteiger partial charge >= 0.3 is 0 Å². The fraction of sp³-hybridized carbons (Fsp3) is 0.727. The van der Waals surface area contributed by atoms with Gasteiger partial charge in [0.25, 0.3) is 0 Å². The lowest BCUT2D eigenvalue weighted by molar-refractivity contribution is -0.120. The van der Waals surface area contributed by atoms with Gasteiger partial charge in [0.1, 0.15) is 0 Å². The van der Waals surface area contributed by atoms with Crippen LogP contribution in [0.3, 0.4) is 0 Å². The molecule has 0 aliphatic heterocycles. The number of hydrogen-bond donors (Lipinski definition) is 2. The summed E-state index contributed by atoms with van der Waals surface area (Å²) in [6.07, 6.45) is 7.97. The zero-order valence-electron chi connectivity index (χ0n) is 8.75. The van der Waals surface area contributed by atoms with E-state index in [9.17, 15) is 4.79 Å². The van der Waals surface area contributed by atoms with Gasteiger partial charge in [0, 0.05) is 13.2 Å². The predicted molar refractivity (Wildman–Crippen MR) is 56.6 cm³/mol. The highest BCUT2D eigenvalue weighted by Gasteiger charge is 2.08. The molecule has 1 atom stereocenters. The van der Waals surface area contributed by atoms with Gasteiger partial charge in [-0.15, -0.1) is 6.42 Å². The molecular formula is C11H19NO2. The molecule has 1 amide bonds. The predicted octanol–water partition coefficient (Wildman–Crippen LogP) is 0.925. The van der Waals surface area contributed by atoms with Crippen molar-refractivity contribution >= 4 is 5.91 Å². The number of carbonyl (C=O) groups excluding carboxylic acids is 1. The first kappa shape index (κ1) is 13.0. The smallest absolute Gasteiger partial charge is 0.232 e. The van der Waals surface area contributed by atoms with E-state index in [2.05, 4.69) is 18.2 Å². The molecule has 14 heavy (non-hydrogen) atoms. The van der Waals surface area contributed by atoms with Crippen LogP contribution in [0.15, 0.2) is 0 Å². The van der Waals surface area contributed by atoms with Crippen molar-refractivity contribution in [3.8, 4) is 12.3 Å². The summed E-state index contributed by atoms with van der Waals surface area (Å²) < 4.78 is 0. The Morgan fingerprint density at radius 3 is 2.79 bits per heavy atom. The van der Waals surface area contributed by atoms with Crippen molar-refractivity contribution in [3.63, 3.8) is 0 Å². The summed E-state index contributed by atoms with van der Waals surface area (Å²) in [4.78, 5) is 11.0. The lowest BCUT2D eigenvalue weighted by atomic mass is 10.0. The first-order chi connectivity index (χ1) is 6.74. The quantitative estimate of drug-likeness (QED) is 0.596. The molecule has 80 valence electrons. The highest BCUT2D eigenvalue weighted by Crippen LogP contribution is 2.09. The van der Waals surface area contributed by atoms with Crippen molar-refractivity contribution in [1.29, 1.82) is 0 Å². The van der Waals surface area contributed by atoms with Crippen molar-refractivity contribution < 1.29 is 9.90 Å². The fourth-order valence-electron chi connectivity index (χ4n) is 1.35. The fourth-order valence-corrected chi connectivity index (χ4v) is 1.35. The maximum atomic E-state index is 11.0. The molecule has 0 aliphatic carbocycles. The third-order valence-corrected chi connectivity index (χ3v) is 2.08. The summed E-state index contributed by atoms with van der Waals surface area (Å²) in [7, 11) is 0. The van der Waals surface area contributed by atoms with Crippen LogP contribution < -0.4 is 5.32 Å². The Balaban J connectivity index is 3.69. The number of aliphatic hydroxyl groups excluding tert-OH is 1. The van der Waals surface area contributed by atoms with Gasteiger partial charge in [-0.25, -0.2) is 0 Å². The molecule has 0 rings (SSSR count). The van der Waals surface area contributed by atoms with E-state index in [1.165, 1.54) is 0 Å². The number of rotatable bonds is 7. The number of nitrogens with one attached hydrogen (secondary N) is 1. The Morgan fingerprint density at radius 1 is 1.57 bits per heavy atom. The average Bonchev–Trinajstić information content (AvgIpc) is 2.15. The molecule has 0 saturated carbocycles. The molecule has 0 aliphatic rings. The van der Waals surface area contributed by atoms with Gasteiger partial charge in [0.15, 0.2) is 0 Å². The number of terminal acetylenes is 1. The van der Waals surface area contributed by atoms with E-state index < -0.39 is 0 Å². The van der Waals surface area contributed by atoms with E-state index in [0.717, 1.165) is 19.3 Å². The third kappa shape index (κ3) is 6.50. The summed E-state index contributed by atoms with van der Waals surface area (Å²) in [6.45, 7) is 2.89. The summed E-state index contributed by atoms with van der Waals surface area (Å²) in [6, 6.07) is 0. The molecular weight excluding hydrogens is 178 g/mol. The third-order valence-electron chi connectivity index (χ3n) is 2.08. The van der Waals surface area contributed by atoms with Gasteiger partial charge in [-0.1, -0.05) is 19.3 Å². The second-order valence-electron chi connectivity index (χ2n) is 3.35.